The molecule has 0 saturated carbocycles. The van der Waals surface area contributed by atoms with Gasteiger partial charge in [-0.05, 0) is 49.0 Å². The highest BCUT2D eigenvalue weighted by Gasteiger charge is 2.01. The van der Waals surface area contributed by atoms with Crippen LogP contribution in [0.4, 0.5) is 0 Å². The van der Waals surface area contributed by atoms with Crippen molar-refractivity contribution in [1.82, 2.24) is 0 Å². The van der Waals surface area contributed by atoms with E-state index in [1.54, 1.807) is 0 Å². The van der Waals surface area contributed by atoms with Gasteiger partial charge in [0.05, 0.1) is 0 Å². The average molecular weight is 214 g/mol. The standard InChI is InChI=1S/C16H22/c1-12(2)10-11-13(3)15(5)16-9-7-6-8-14(16)4/h6-12H,1-5H3/b11-10-,15-13+. The summed E-state index contributed by atoms with van der Waals surface area (Å²) in [6.45, 7) is 10.9. The first kappa shape index (κ1) is 12.8. The first-order valence-corrected chi connectivity index (χ1v) is 5.94. The zero-order chi connectivity index (χ0) is 12.1. The lowest BCUT2D eigenvalue weighted by Gasteiger charge is -2.08. The number of hydrogen-bond donors (Lipinski definition) is 0. The fourth-order valence-corrected chi connectivity index (χ4v) is 1.67. The third-order valence-corrected chi connectivity index (χ3v) is 2.87. The molecule has 0 aromatic heterocycles. The Morgan fingerprint density at radius 3 is 2.31 bits per heavy atom. The largest absolute Gasteiger partial charge is 0.0817 e. The summed E-state index contributed by atoms with van der Waals surface area (Å²) in [7, 11) is 0. The van der Waals surface area contributed by atoms with Crippen molar-refractivity contribution in [2.75, 3.05) is 0 Å². The molecule has 0 atom stereocenters. The molecule has 1 aromatic carbocycles. The molecule has 86 valence electrons. The minimum Gasteiger partial charge on any atom is -0.0817 e. The number of hydrogen-bond acceptors (Lipinski definition) is 0. The van der Waals surface area contributed by atoms with Crippen molar-refractivity contribution in [2.24, 2.45) is 5.92 Å². The zero-order valence-corrected chi connectivity index (χ0v) is 11.0. The van der Waals surface area contributed by atoms with Crippen molar-refractivity contribution in [2.45, 2.75) is 34.6 Å². The van der Waals surface area contributed by atoms with E-state index < -0.39 is 0 Å². The first-order chi connectivity index (χ1) is 7.52. The van der Waals surface area contributed by atoms with Crippen LogP contribution in [0.15, 0.2) is 42.0 Å². The van der Waals surface area contributed by atoms with E-state index in [4.69, 9.17) is 0 Å². The van der Waals surface area contributed by atoms with E-state index in [-0.39, 0.29) is 0 Å². The highest BCUT2D eigenvalue weighted by Crippen LogP contribution is 2.22. The lowest BCUT2D eigenvalue weighted by atomic mass is 9.97. The van der Waals surface area contributed by atoms with Crippen molar-refractivity contribution in [1.29, 1.82) is 0 Å². The molecule has 0 unspecified atom stereocenters. The van der Waals surface area contributed by atoms with Gasteiger partial charge < -0.3 is 0 Å². The van der Waals surface area contributed by atoms with Crippen molar-refractivity contribution >= 4 is 5.57 Å². The monoisotopic (exact) mass is 214 g/mol. The molecule has 0 fully saturated rings. The predicted octanol–water partition coefficient (Wildman–Crippen LogP) is 5.00. The van der Waals surface area contributed by atoms with E-state index >= 15 is 0 Å². The molecule has 0 aliphatic carbocycles. The van der Waals surface area contributed by atoms with Crippen LogP contribution in [0.5, 0.6) is 0 Å². The van der Waals surface area contributed by atoms with Crippen LogP contribution in [-0.4, -0.2) is 0 Å². The molecule has 0 radical (unpaired) electrons. The van der Waals surface area contributed by atoms with Gasteiger partial charge in [-0.15, -0.1) is 0 Å². The predicted molar refractivity (Wildman–Crippen MR) is 73.4 cm³/mol. The summed E-state index contributed by atoms with van der Waals surface area (Å²) >= 11 is 0. The van der Waals surface area contributed by atoms with Crippen molar-refractivity contribution in [3.8, 4) is 0 Å². The summed E-state index contributed by atoms with van der Waals surface area (Å²) in [6.07, 6.45) is 4.48. The van der Waals surface area contributed by atoms with E-state index in [1.165, 1.54) is 22.3 Å². The number of benzene rings is 1. The van der Waals surface area contributed by atoms with E-state index in [2.05, 4.69) is 71.0 Å². The molecule has 0 aliphatic rings. The Hall–Kier alpha value is -1.30. The van der Waals surface area contributed by atoms with Gasteiger partial charge in [0.1, 0.15) is 0 Å². The zero-order valence-electron chi connectivity index (χ0n) is 11.0. The van der Waals surface area contributed by atoms with Gasteiger partial charge in [-0.3, -0.25) is 0 Å². The van der Waals surface area contributed by atoms with E-state index in [0.717, 1.165) is 0 Å². The normalized spacial score (nSPS) is 13.4. The van der Waals surface area contributed by atoms with Gasteiger partial charge in [-0.25, -0.2) is 0 Å². The van der Waals surface area contributed by atoms with Gasteiger partial charge in [-0.1, -0.05) is 50.3 Å². The lowest BCUT2D eigenvalue weighted by molar-refractivity contribution is 0.831. The molecule has 0 bridgehead atoms. The molecule has 0 heteroatoms. The van der Waals surface area contributed by atoms with E-state index in [1.807, 2.05) is 0 Å². The first-order valence-electron chi connectivity index (χ1n) is 5.94. The summed E-state index contributed by atoms with van der Waals surface area (Å²) in [5.74, 6) is 0.611. The minimum atomic E-state index is 0.611. The summed E-state index contributed by atoms with van der Waals surface area (Å²) in [4.78, 5) is 0. The number of aryl methyl sites for hydroxylation is 1. The Morgan fingerprint density at radius 2 is 1.75 bits per heavy atom. The van der Waals surface area contributed by atoms with Gasteiger partial charge in [0, 0.05) is 0 Å². The Kier molecular flexibility index (Phi) is 4.54. The summed E-state index contributed by atoms with van der Waals surface area (Å²) in [5.41, 5.74) is 5.42. The molecule has 0 N–H and O–H groups in total. The Balaban J connectivity index is 3.04. The van der Waals surface area contributed by atoms with Crippen LogP contribution in [-0.2, 0) is 0 Å². The molecule has 1 aromatic rings. The molecule has 1 rings (SSSR count). The maximum atomic E-state index is 2.25. The molecular weight excluding hydrogens is 192 g/mol. The SMILES string of the molecule is CC(/C=C\C(C)C)=C(/C)c1ccccc1C. The van der Waals surface area contributed by atoms with Crippen molar-refractivity contribution in [3.05, 3.63) is 53.1 Å². The van der Waals surface area contributed by atoms with Crippen LogP contribution in [0.3, 0.4) is 0 Å². The second-order valence-electron chi connectivity index (χ2n) is 4.73. The molecule has 0 spiro atoms. The molecule has 0 amide bonds. The van der Waals surface area contributed by atoms with Gasteiger partial charge in [-0.2, -0.15) is 0 Å². The van der Waals surface area contributed by atoms with Gasteiger partial charge in [0.15, 0.2) is 0 Å². The molecule has 0 aliphatic heterocycles. The van der Waals surface area contributed by atoms with Crippen LogP contribution >= 0.6 is 0 Å². The molecule has 0 heterocycles. The van der Waals surface area contributed by atoms with Crippen LogP contribution in [0, 0.1) is 12.8 Å². The maximum absolute atomic E-state index is 2.25. The Labute approximate surface area is 99.7 Å². The second kappa shape index (κ2) is 5.69. The molecule has 0 saturated heterocycles. The molecule has 16 heavy (non-hydrogen) atoms. The fourth-order valence-electron chi connectivity index (χ4n) is 1.67. The van der Waals surface area contributed by atoms with E-state index in [9.17, 15) is 0 Å². The molecular formula is C16H22. The van der Waals surface area contributed by atoms with Crippen molar-refractivity contribution in [3.63, 3.8) is 0 Å². The summed E-state index contributed by atoms with van der Waals surface area (Å²) in [6, 6.07) is 8.55. The maximum Gasteiger partial charge on any atom is -0.0195 e. The Bertz CT molecular complexity index is 406. The second-order valence-corrected chi connectivity index (χ2v) is 4.73. The van der Waals surface area contributed by atoms with Crippen molar-refractivity contribution < 1.29 is 0 Å². The van der Waals surface area contributed by atoms with Crippen LogP contribution in [0.25, 0.3) is 5.57 Å². The lowest BCUT2D eigenvalue weighted by Crippen LogP contribution is -1.88. The summed E-state index contributed by atoms with van der Waals surface area (Å²) in [5, 5.41) is 0. The quantitative estimate of drug-likeness (QED) is 0.621. The smallest absolute Gasteiger partial charge is 0.0195 e. The highest BCUT2D eigenvalue weighted by molar-refractivity contribution is 5.70. The minimum absolute atomic E-state index is 0.611. The number of allylic oxidation sites excluding steroid dienone is 4. The van der Waals surface area contributed by atoms with Crippen LogP contribution < -0.4 is 0 Å². The third kappa shape index (κ3) is 3.37. The van der Waals surface area contributed by atoms with Crippen LogP contribution in [0.1, 0.15) is 38.8 Å². The average Bonchev–Trinajstić information content (AvgIpc) is 2.25. The third-order valence-electron chi connectivity index (χ3n) is 2.87. The Morgan fingerprint density at radius 1 is 1.12 bits per heavy atom. The summed E-state index contributed by atoms with van der Waals surface area (Å²) < 4.78 is 0. The number of rotatable bonds is 3. The molecule has 0 nitrogen and oxygen atoms in total. The fraction of sp³-hybridized carbons (Fsp3) is 0.375. The van der Waals surface area contributed by atoms with E-state index in [0.29, 0.717) is 5.92 Å². The van der Waals surface area contributed by atoms with Crippen LogP contribution in [0.2, 0.25) is 0 Å². The van der Waals surface area contributed by atoms with Gasteiger partial charge in [0.25, 0.3) is 0 Å². The van der Waals surface area contributed by atoms with Gasteiger partial charge >= 0.3 is 0 Å². The highest BCUT2D eigenvalue weighted by atomic mass is 14.1. The topological polar surface area (TPSA) is 0 Å². The van der Waals surface area contributed by atoms with Gasteiger partial charge in [0.2, 0.25) is 0 Å².